The molecule has 1 amide bonds. The number of carbonyl (C=O) groups is 1. The van der Waals surface area contributed by atoms with Crippen molar-refractivity contribution in [2.75, 3.05) is 45.2 Å². The van der Waals surface area contributed by atoms with Gasteiger partial charge in [-0.2, -0.15) is 0 Å². The number of piperidine rings is 1. The molecule has 5 heteroatoms. The summed E-state index contributed by atoms with van der Waals surface area (Å²) in [6, 6.07) is 4.31. The molecule has 0 atom stereocenters. The Balaban J connectivity index is 1.62. The van der Waals surface area contributed by atoms with Gasteiger partial charge in [0, 0.05) is 32.4 Å². The van der Waals surface area contributed by atoms with Crippen LogP contribution in [0, 0.1) is 0 Å². The van der Waals surface area contributed by atoms with Gasteiger partial charge in [0.2, 0.25) is 0 Å². The van der Waals surface area contributed by atoms with Crippen molar-refractivity contribution in [1.29, 1.82) is 0 Å². The topological polar surface area (TPSA) is 39.7 Å². The third kappa shape index (κ3) is 4.07. The van der Waals surface area contributed by atoms with Crippen LogP contribution in [0.3, 0.4) is 0 Å². The fourth-order valence-electron chi connectivity index (χ4n) is 3.75. The Bertz CT molecular complexity index is 529. The average Bonchev–Trinajstić information content (AvgIpc) is 2.91. The van der Waals surface area contributed by atoms with Gasteiger partial charge in [-0.25, -0.2) is 4.98 Å². The third-order valence-electron chi connectivity index (χ3n) is 5.48. The van der Waals surface area contributed by atoms with E-state index in [4.69, 9.17) is 0 Å². The zero-order valence-electron chi connectivity index (χ0n) is 15.1. The number of rotatable bonds is 3. The van der Waals surface area contributed by atoms with E-state index in [0.717, 1.165) is 44.8 Å². The molecule has 0 spiro atoms. The lowest BCUT2D eigenvalue weighted by Crippen LogP contribution is -2.44. The summed E-state index contributed by atoms with van der Waals surface area (Å²) in [6.45, 7) is 4.29. The number of nitrogens with zero attached hydrogens (tertiary/aromatic N) is 4. The number of anilines is 1. The largest absolute Gasteiger partial charge is 0.357 e. The molecule has 3 heterocycles. The quantitative estimate of drug-likeness (QED) is 0.854. The summed E-state index contributed by atoms with van der Waals surface area (Å²) < 4.78 is 0. The SMILES string of the molecule is CN1CCC(N(C)C(=O)c2ccc(N3CCCCCC3)nc2)CC1. The van der Waals surface area contributed by atoms with Gasteiger partial charge in [-0.1, -0.05) is 12.8 Å². The number of pyridine rings is 1. The first-order chi connectivity index (χ1) is 11.6. The normalized spacial score (nSPS) is 20.7. The molecule has 0 bridgehead atoms. The highest BCUT2D eigenvalue weighted by atomic mass is 16.2. The number of hydrogen-bond acceptors (Lipinski definition) is 4. The van der Waals surface area contributed by atoms with Crippen LogP contribution in [0.2, 0.25) is 0 Å². The molecular formula is C19H30N4O. The van der Waals surface area contributed by atoms with Gasteiger partial charge in [0.25, 0.3) is 5.91 Å². The highest BCUT2D eigenvalue weighted by molar-refractivity contribution is 5.94. The number of hydrogen-bond donors (Lipinski definition) is 0. The van der Waals surface area contributed by atoms with Crippen LogP contribution in [0.5, 0.6) is 0 Å². The lowest BCUT2D eigenvalue weighted by atomic mass is 10.0. The van der Waals surface area contributed by atoms with E-state index in [1.54, 1.807) is 6.20 Å². The lowest BCUT2D eigenvalue weighted by molar-refractivity contribution is 0.0659. The molecule has 2 aliphatic rings. The first-order valence-corrected chi connectivity index (χ1v) is 9.32. The first-order valence-electron chi connectivity index (χ1n) is 9.32. The molecule has 0 unspecified atom stereocenters. The molecule has 5 nitrogen and oxygen atoms in total. The van der Waals surface area contributed by atoms with E-state index in [9.17, 15) is 4.79 Å². The minimum absolute atomic E-state index is 0.0967. The molecule has 2 saturated heterocycles. The van der Waals surface area contributed by atoms with E-state index in [1.165, 1.54) is 25.7 Å². The zero-order chi connectivity index (χ0) is 16.9. The van der Waals surface area contributed by atoms with E-state index in [1.807, 2.05) is 24.1 Å². The van der Waals surface area contributed by atoms with Crippen LogP contribution in [0.15, 0.2) is 18.3 Å². The molecule has 3 rings (SSSR count). The highest BCUT2D eigenvalue weighted by Crippen LogP contribution is 2.20. The number of carbonyl (C=O) groups excluding carboxylic acids is 1. The fraction of sp³-hybridized carbons (Fsp3) is 0.684. The number of aromatic nitrogens is 1. The van der Waals surface area contributed by atoms with Crippen molar-refractivity contribution in [3.8, 4) is 0 Å². The summed E-state index contributed by atoms with van der Waals surface area (Å²) in [5.41, 5.74) is 0.704. The van der Waals surface area contributed by atoms with Crippen LogP contribution in [0.25, 0.3) is 0 Å². The fourth-order valence-corrected chi connectivity index (χ4v) is 3.75. The predicted molar refractivity (Wildman–Crippen MR) is 97.5 cm³/mol. The Morgan fingerprint density at radius 3 is 2.33 bits per heavy atom. The Morgan fingerprint density at radius 1 is 1.08 bits per heavy atom. The van der Waals surface area contributed by atoms with Gasteiger partial charge in [-0.3, -0.25) is 4.79 Å². The summed E-state index contributed by atoms with van der Waals surface area (Å²) >= 11 is 0. The van der Waals surface area contributed by atoms with Crippen molar-refractivity contribution in [3.63, 3.8) is 0 Å². The van der Waals surface area contributed by atoms with Gasteiger partial charge >= 0.3 is 0 Å². The van der Waals surface area contributed by atoms with Gasteiger partial charge in [-0.05, 0) is 58.0 Å². The summed E-state index contributed by atoms with van der Waals surface area (Å²) in [5.74, 6) is 1.11. The van der Waals surface area contributed by atoms with Gasteiger partial charge in [-0.15, -0.1) is 0 Å². The smallest absolute Gasteiger partial charge is 0.255 e. The summed E-state index contributed by atoms with van der Waals surface area (Å²) in [5, 5.41) is 0. The van der Waals surface area contributed by atoms with Gasteiger partial charge in [0.1, 0.15) is 5.82 Å². The Kier molecular flexibility index (Phi) is 5.72. The van der Waals surface area contributed by atoms with Gasteiger partial charge in [0.05, 0.1) is 5.56 Å². The monoisotopic (exact) mass is 330 g/mol. The van der Waals surface area contributed by atoms with Crippen LogP contribution in [-0.2, 0) is 0 Å². The lowest BCUT2D eigenvalue weighted by Gasteiger charge is -2.35. The van der Waals surface area contributed by atoms with Gasteiger partial charge in [0.15, 0.2) is 0 Å². The maximum Gasteiger partial charge on any atom is 0.255 e. The van der Waals surface area contributed by atoms with Crippen molar-refractivity contribution >= 4 is 11.7 Å². The molecule has 2 aliphatic heterocycles. The summed E-state index contributed by atoms with van der Waals surface area (Å²) in [7, 11) is 4.07. The summed E-state index contributed by atoms with van der Waals surface area (Å²) in [6.07, 6.45) is 8.97. The Hall–Kier alpha value is -1.62. The van der Waals surface area contributed by atoms with E-state index in [-0.39, 0.29) is 5.91 Å². The second kappa shape index (κ2) is 7.97. The molecule has 24 heavy (non-hydrogen) atoms. The minimum atomic E-state index is 0.0967. The molecule has 2 fully saturated rings. The molecule has 1 aromatic heterocycles. The maximum absolute atomic E-state index is 12.7. The van der Waals surface area contributed by atoms with Crippen LogP contribution < -0.4 is 4.90 Å². The molecule has 0 aliphatic carbocycles. The first kappa shape index (κ1) is 17.2. The molecule has 0 saturated carbocycles. The predicted octanol–water partition coefficient (Wildman–Crippen LogP) is 2.63. The second-order valence-electron chi connectivity index (χ2n) is 7.26. The van der Waals surface area contributed by atoms with Crippen LogP contribution in [0.4, 0.5) is 5.82 Å². The Labute approximate surface area is 145 Å². The average molecular weight is 330 g/mol. The summed E-state index contributed by atoms with van der Waals surface area (Å²) in [4.78, 5) is 23.9. The third-order valence-corrected chi connectivity index (χ3v) is 5.48. The van der Waals surface area contributed by atoms with E-state index in [0.29, 0.717) is 11.6 Å². The van der Waals surface area contributed by atoms with Crippen LogP contribution in [0.1, 0.15) is 48.9 Å². The molecule has 0 radical (unpaired) electrons. The van der Waals surface area contributed by atoms with Crippen molar-refractivity contribution in [3.05, 3.63) is 23.9 Å². The maximum atomic E-state index is 12.7. The molecular weight excluding hydrogens is 300 g/mol. The zero-order valence-corrected chi connectivity index (χ0v) is 15.1. The molecule has 0 aromatic carbocycles. The minimum Gasteiger partial charge on any atom is -0.357 e. The number of likely N-dealkylation sites (tertiary alicyclic amines) is 1. The van der Waals surface area contributed by atoms with Crippen LogP contribution >= 0.6 is 0 Å². The molecule has 0 N–H and O–H groups in total. The van der Waals surface area contributed by atoms with Crippen molar-refractivity contribution < 1.29 is 4.79 Å². The Morgan fingerprint density at radius 2 is 1.75 bits per heavy atom. The van der Waals surface area contributed by atoms with E-state index < -0.39 is 0 Å². The molecule has 1 aromatic rings. The highest BCUT2D eigenvalue weighted by Gasteiger charge is 2.25. The number of amides is 1. The molecule has 132 valence electrons. The van der Waals surface area contributed by atoms with Crippen molar-refractivity contribution in [2.24, 2.45) is 0 Å². The standard InChI is InChI=1S/C19H30N4O/c1-21-13-9-17(10-14-21)22(2)19(24)16-7-8-18(20-15-16)23-11-5-3-4-6-12-23/h7-8,15,17H,3-6,9-14H2,1-2H3. The van der Waals surface area contributed by atoms with E-state index in [2.05, 4.69) is 21.8 Å². The van der Waals surface area contributed by atoms with E-state index >= 15 is 0 Å². The van der Waals surface area contributed by atoms with Crippen molar-refractivity contribution in [2.45, 2.75) is 44.6 Å². The van der Waals surface area contributed by atoms with Crippen LogP contribution in [-0.4, -0.2) is 67.0 Å². The second-order valence-corrected chi connectivity index (χ2v) is 7.26. The van der Waals surface area contributed by atoms with Gasteiger partial charge < -0.3 is 14.7 Å². The van der Waals surface area contributed by atoms with Crippen molar-refractivity contribution in [1.82, 2.24) is 14.8 Å².